The number of methoxy groups -OCH3 is 1. The number of rotatable bonds is 12. The van der Waals surface area contributed by atoms with Crippen LogP contribution < -0.4 is 5.32 Å². The Labute approximate surface area is 195 Å². The number of nitrogens with one attached hydrogen (secondary N) is 1. The second-order valence-electron chi connectivity index (χ2n) is 7.97. The van der Waals surface area contributed by atoms with Gasteiger partial charge in [-0.05, 0) is 58.3 Å². The van der Waals surface area contributed by atoms with Gasteiger partial charge in [0.1, 0.15) is 0 Å². The van der Waals surface area contributed by atoms with Gasteiger partial charge in [-0.2, -0.15) is 0 Å². The molecule has 1 unspecified atom stereocenters. The molecule has 7 heteroatoms. The van der Waals surface area contributed by atoms with E-state index in [1.165, 1.54) is 25.7 Å². The van der Waals surface area contributed by atoms with Crippen molar-refractivity contribution in [1.82, 2.24) is 10.2 Å². The van der Waals surface area contributed by atoms with Crippen LogP contribution in [-0.2, 0) is 14.2 Å². The van der Waals surface area contributed by atoms with Gasteiger partial charge in [0.05, 0.1) is 12.2 Å². The van der Waals surface area contributed by atoms with E-state index >= 15 is 0 Å². The van der Waals surface area contributed by atoms with Crippen molar-refractivity contribution in [2.45, 2.75) is 77.4 Å². The summed E-state index contributed by atoms with van der Waals surface area (Å²) in [4.78, 5) is 7.33. The first-order valence-corrected chi connectivity index (χ1v) is 11.5. The van der Waals surface area contributed by atoms with Crippen LogP contribution in [0.5, 0.6) is 0 Å². The van der Waals surface area contributed by atoms with Crippen molar-refractivity contribution in [3.05, 3.63) is 0 Å². The maximum absolute atomic E-state index is 6.05. The second kappa shape index (κ2) is 16.6. The summed E-state index contributed by atoms with van der Waals surface area (Å²) in [5, 5.41) is 3.48. The Kier molecular flexibility index (Phi) is 15.4. The van der Waals surface area contributed by atoms with Crippen LogP contribution in [-0.4, -0.2) is 76.2 Å². The lowest BCUT2D eigenvalue weighted by Gasteiger charge is -2.34. The normalized spacial score (nSPS) is 20.0. The largest absolute Gasteiger partial charge is 0.385 e. The number of hydrogen-bond acceptors (Lipinski definition) is 4. The third-order valence-electron chi connectivity index (χ3n) is 5.90. The van der Waals surface area contributed by atoms with E-state index in [9.17, 15) is 0 Å². The minimum absolute atomic E-state index is 0. The summed E-state index contributed by atoms with van der Waals surface area (Å²) in [7, 11) is 1.74. The average molecular weight is 526 g/mol. The Morgan fingerprint density at radius 2 is 1.83 bits per heavy atom. The highest BCUT2D eigenvalue weighted by Gasteiger charge is 2.25. The van der Waals surface area contributed by atoms with Gasteiger partial charge >= 0.3 is 0 Å². The molecule has 1 saturated carbocycles. The fourth-order valence-electron chi connectivity index (χ4n) is 4.41. The van der Waals surface area contributed by atoms with E-state index in [1.54, 1.807) is 7.11 Å². The number of halogens is 1. The molecule has 0 amide bonds. The Morgan fingerprint density at radius 1 is 1.10 bits per heavy atom. The molecule has 0 aromatic heterocycles. The van der Waals surface area contributed by atoms with Crippen LogP contribution in [0.1, 0.15) is 65.2 Å². The van der Waals surface area contributed by atoms with E-state index in [-0.39, 0.29) is 24.0 Å². The fourth-order valence-corrected chi connectivity index (χ4v) is 4.41. The van der Waals surface area contributed by atoms with Crippen molar-refractivity contribution in [3.63, 3.8) is 0 Å². The zero-order valence-corrected chi connectivity index (χ0v) is 21.2. The average Bonchev–Trinajstić information content (AvgIpc) is 3.25. The monoisotopic (exact) mass is 525 g/mol. The molecular formula is C22H44IN3O3. The second-order valence-corrected chi connectivity index (χ2v) is 7.97. The molecule has 2 aliphatic rings. The van der Waals surface area contributed by atoms with Crippen LogP contribution in [0.25, 0.3) is 0 Å². The number of likely N-dealkylation sites (tertiary alicyclic amines) is 1. The third-order valence-corrected chi connectivity index (χ3v) is 5.90. The molecule has 0 bridgehead atoms. The molecule has 0 aromatic rings. The summed E-state index contributed by atoms with van der Waals surface area (Å²) >= 11 is 0. The van der Waals surface area contributed by atoms with E-state index in [0.717, 1.165) is 83.6 Å². The van der Waals surface area contributed by atoms with Crippen molar-refractivity contribution >= 4 is 29.9 Å². The lowest BCUT2D eigenvalue weighted by molar-refractivity contribution is 0.00975. The minimum atomic E-state index is 0. The van der Waals surface area contributed by atoms with Crippen molar-refractivity contribution in [2.75, 3.05) is 53.1 Å². The molecular weight excluding hydrogens is 481 g/mol. The highest BCUT2D eigenvalue weighted by Crippen LogP contribution is 2.30. The predicted octanol–water partition coefficient (Wildman–Crippen LogP) is 4.07. The molecule has 1 heterocycles. The standard InChI is InChI=1S/C22H43N3O3.HI/c1-4-23-22(24-14-11-21(27-5-2)19-9-6-7-10-19)25-15-12-20(13-16-25)28-18-8-17-26-3;/h19-21H,4-18H2,1-3H3,(H,23,24);1H. The van der Waals surface area contributed by atoms with E-state index in [1.807, 2.05) is 0 Å². The van der Waals surface area contributed by atoms with Crippen molar-refractivity contribution in [3.8, 4) is 0 Å². The maximum atomic E-state index is 6.05. The van der Waals surface area contributed by atoms with Gasteiger partial charge in [0.15, 0.2) is 5.96 Å². The molecule has 2 fully saturated rings. The molecule has 2 rings (SSSR count). The first-order chi connectivity index (χ1) is 13.8. The van der Waals surface area contributed by atoms with Crippen LogP contribution in [0.4, 0.5) is 0 Å². The molecule has 172 valence electrons. The molecule has 1 aliphatic carbocycles. The van der Waals surface area contributed by atoms with Crippen molar-refractivity contribution < 1.29 is 14.2 Å². The number of guanidine groups is 1. The van der Waals surface area contributed by atoms with Crippen LogP contribution in [0, 0.1) is 5.92 Å². The SMILES string of the molecule is CCNC(=NCCC(OCC)C1CCCC1)N1CCC(OCCCOC)CC1.I. The molecule has 0 aromatic carbocycles. The van der Waals surface area contributed by atoms with Gasteiger partial charge in [0.25, 0.3) is 0 Å². The summed E-state index contributed by atoms with van der Waals surface area (Å²) in [6, 6.07) is 0. The fraction of sp³-hybridized carbons (Fsp3) is 0.955. The molecule has 1 atom stereocenters. The van der Waals surface area contributed by atoms with Crippen LogP contribution in [0.15, 0.2) is 4.99 Å². The first-order valence-electron chi connectivity index (χ1n) is 11.5. The summed E-state index contributed by atoms with van der Waals surface area (Å²) < 4.78 is 17.1. The highest BCUT2D eigenvalue weighted by molar-refractivity contribution is 14.0. The number of aliphatic imine (C=N–C) groups is 1. The minimum Gasteiger partial charge on any atom is -0.385 e. The number of piperidine rings is 1. The Balaban J connectivity index is 0.00000420. The summed E-state index contributed by atoms with van der Waals surface area (Å²) in [5.41, 5.74) is 0. The molecule has 29 heavy (non-hydrogen) atoms. The molecule has 6 nitrogen and oxygen atoms in total. The zero-order chi connectivity index (χ0) is 20.0. The predicted molar refractivity (Wildman–Crippen MR) is 130 cm³/mol. The summed E-state index contributed by atoms with van der Waals surface area (Å²) in [6.07, 6.45) is 10.3. The third kappa shape index (κ3) is 10.2. The van der Waals surface area contributed by atoms with E-state index in [0.29, 0.717) is 12.2 Å². The van der Waals surface area contributed by atoms with Crippen LogP contribution in [0.2, 0.25) is 0 Å². The van der Waals surface area contributed by atoms with E-state index < -0.39 is 0 Å². The molecule has 1 N–H and O–H groups in total. The van der Waals surface area contributed by atoms with Crippen LogP contribution >= 0.6 is 24.0 Å². The van der Waals surface area contributed by atoms with Gasteiger partial charge in [-0.15, -0.1) is 24.0 Å². The summed E-state index contributed by atoms with van der Waals surface area (Å²) in [6.45, 7) is 10.4. The van der Waals surface area contributed by atoms with Gasteiger partial charge in [0.2, 0.25) is 0 Å². The number of hydrogen-bond donors (Lipinski definition) is 1. The Hall–Kier alpha value is -0.120. The van der Waals surface area contributed by atoms with Gasteiger partial charge in [-0.3, -0.25) is 4.99 Å². The zero-order valence-electron chi connectivity index (χ0n) is 18.9. The van der Waals surface area contributed by atoms with Crippen molar-refractivity contribution in [1.29, 1.82) is 0 Å². The van der Waals surface area contributed by atoms with Gasteiger partial charge in [-0.25, -0.2) is 0 Å². The van der Waals surface area contributed by atoms with Gasteiger partial charge in [0, 0.05) is 53.1 Å². The lowest BCUT2D eigenvalue weighted by atomic mass is 9.98. The van der Waals surface area contributed by atoms with Crippen molar-refractivity contribution in [2.24, 2.45) is 10.9 Å². The molecule has 1 aliphatic heterocycles. The first kappa shape index (κ1) is 26.9. The van der Waals surface area contributed by atoms with E-state index in [2.05, 4.69) is 24.1 Å². The van der Waals surface area contributed by atoms with Gasteiger partial charge < -0.3 is 24.4 Å². The number of nitrogens with zero attached hydrogens (tertiary/aromatic N) is 2. The van der Waals surface area contributed by atoms with Gasteiger partial charge in [-0.1, -0.05) is 12.8 Å². The Morgan fingerprint density at radius 3 is 2.45 bits per heavy atom. The summed E-state index contributed by atoms with van der Waals surface area (Å²) in [5.74, 6) is 1.80. The quantitative estimate of drug-likeness (QED) is 0.180. The van der Waals surface area contributed by atoms with Crippen LogP contribution in [0.3, 0.4) is 0 Å². The van der Waals surface area contributed by atoms with E-state index in [4.69, 9.17) is 19.2 Å². The smallest absolute Gasteiger partial charge is 0.193 e. The lowest BCUT2D eigenvalue weighted by Crippen LogP contribution is -2.47. The molecule has 0 radical (unpaired) electrons. The Bertz CT molecular complexity index is 426. The maximum Gasteiger partial charge on any atom is 0.193 e. The highest BCUT2D eigenvalue weighted by atomic mass is 127. The molecule has 1 saturated heterocycles. The topological polar surface area (TPSA) is 55.3 Å². The molecule has 0 spiro atoms. The number of ether oxygens (including phenoxy) is 3.